The van der Waals surface area contributed by atoms with Crippen LogP contribution in [0.3, 0.4) is 0 Å². The third-order valence-corrected chi connectivity index (χ3v) is 9.09. The number of hydrogen-bond acceptors (Lipinski definition) is 7. The Morgan fingerprint density at radius 2 is 2.25 bits per heavy atom. The van der Waals surface area contributed by atoms with E-state index < -0.39 is 0 Å². The molecule has 0 radical (unpaired) electrons. The van der Waals surface area contributed by atoms with Gasteiger partial charge in [-0.05, 0) is 49.3 Å². The van der Waals surface area contributed by atoms with Crippen molar-refractivity contribution in [3.8, 4) is 6.07 Å². The van der Waals surface area contributed by atoms with Gasteiger partial charge in [0, 0.05) is 11.4 Å². The zero-order valence-corrected chi connectivity index (χ0v) is 20.6. The summed E-state index contributed by atoms with van der Waals surface area (Å²) < 4.78 is 1.62. The smallest absolute Gasteiger partial charge is 0.263 e. The molecule has 0 saturated heterocycles. The largest absolute Gasteiger partial charge is 0.319 e. The summed E-state index contributed by atoms with van der Waals surface area (Å²) in [6.07, 6.45) is 7.84. The van der Waals surface area contributed by atoms with Crippen molar-refractivity contribution >= 4 is 51.0 Å². The third-order valence-electron chi connectivity index (χ3n) is 5.82. The Kier molecular flexibility index (Phi) is 7.44. The van der Waals surface area contributed by atoms with Crippen molar-refractivity contribution in [2.45, 2.75) is 57.1 Å². The van der Waals surface area contributed by atoms with E-state index in [1.807, 2.05) is 6.92 Å². The molecule has 2 aromatic heterocycles. The Bertz CT molecular complexity index is 1190. The van der Waals surface area contributed by atoms with Crippen molar-refractivity contribution < 1.29 is 4.79 Å². The molecule has 0 bridgehead atoms. The summed E-state index contributed by atoms with van der Waals surface area (Å²) in [5, 5.41) is 14.5. The predicted octanol–water partition coefficient (Wildman–Crippen LogP) is 4.63. The summed E-state index contributed by atoms with van der Waals surface area (Å²) in [6.45, 7) is 6.17. The molecule has 168 valence electrons. The zero-order chi connectivity index (χ0) is 22.7. The Morgan fingerprint density at radius 1 is 1.41 bits per heavy atom. The molecule has 1 N–H and O–H groups in total. The molecule has 3 heterocycles. The van der Waals surface area contributed by atoms with Gasteiger partial charge in [-0.1, -0.05) is 31.2 Å². The fraction of sp³-hybridized carbons (Fsp3) is 0.478. The number of hydrogen-bond donors (Lipinski definition) is 1. The van der Waals surface area contributed by atoms with E-state index in [2.05, 4.69) is 18.0 Å². The van der Waals surface area contributed by atoms with Gasteiger partial charge in [0.25, 0.3) is 5.56 Å². The number of amides is 1. The first-order valence-electron chi connectivity index (χ1n) is 10.9. The number of aromatic nitrogens is 2. The lowest BCUT2D eigenvalue weighted by Crippen LogP contribution is -2.27. The topological polar surface area (TPSA) is 87.8 Å². The number of allylic oxidation sites excluding steroid dienone is 2. The van der Waals surface area contributed by atoms with E-state index in [0.717, 1.165) is 60.1 Å². The van der Waals surface area contributed by atoms with Crippen LogP contribution in [0.25, 0.3) is 10.2 Å². The van der Waals surface area contributed by atoms with Crippen LogP contribution in [0.15, 0.2) is 33.2 Å². The lowest BCUT2D eigenvalue weighted by Gasteiger charge is -2.19. The van der Waals surface area contributed by atoms with Crippen LogP contribution >= 0.6 is 34.9 Å². The number of thiophene rings is 1. The first-order valence-corrected chi connectivity index (χ1v) is 13.7. The molecular formula is C23H26N4O2S3. The molecule has 0 saturated carbocycles. The number of carbonyl (C=O) groups excluding carboxylic acids is 1. The van der Waals surface area contributed by atoms with Crippen LogP contribution in [-0.2, 0) is 24.2 Å². The van der Waals surface area contributed by atoms with Crippen LogP contribution in [0.2, 0.25) is 0 Å². The number of nitrogens with one attached hydrogen (secondary N) is 1. The minimum absolute atomic E-state index is 0.0453. The third kappa shape index (κ3) is 4.68. The summed E-state index contributed by atoms with van der Waals surface area (Å²) in [7, 11) is 0. The lowest BCUT2D eigenvalue weighted by atomic mass is 9.96. The van der Waals surface area contributed by atoms with E-state index in [0.29, 0.717) is 22.3 Å². The minimum Gasteiger partial charge on any atom is -0.319 e. The highest BCUT2D eigenvalue weighted by Crippen LogP contribution is 2.35. The maximum absolute atomic E-state index is 13.2. The summed E-state index contributed by atoms with van der Waals surface area (Å²) in [5.74, 6) is 0.961. The van der Waals surface area contributed by atoms with Gasteiger partial charge in [0.15, 0.2) is 5.16 Å². The molecule has 0 aromatic carbocycles. The Balaban J connectivity index is 1.56. The van der Waals surface area contributed by atoms with Crippen molar-refractivity contribution in [1.29, 1.82) is 5.26 Å². The van der Waals surface area contributed by atoms with Crippen molar-refractivity contribution in [3.05, 3.63) is 44.1 Å². The maximum Gasteiger partial charge on any atom is 0.263 e. The standard InChI is InChI=1S/C23H26N4O2S3/c1-3-10-27-22(29)19-15-8-6-9-17(15)32-21(19)26-23(27)31-13-18(28)25-20-16(12-24)14(2)7-4-5-11-30-20/h3,14H,1,4-11,13H2,2H3,(H,25,28)/b20-16-. The highest BCUT2D eigenvalue weighted by molar-refractivity contribution is 8.03. The molecule has 1 aliphatic carbocycles. The monoisotopic (exact) mass is 486 g/mol. The molecule has 2 aliphatic rings. The average Bonchev–Trinajstić information content (AvgIpc) is 3.34. The van der Waals surface area contributed by atoms with Crippen LogP contribution in [0.5, 0.6) is 0 Å². The Hall–Kier alpha value is -2.02. The molecule has 6 nitrogen and oxygen atoms in total. The summed E-state index contributed by atoms with van der Waals surface area (Å²) >= 11 is 4.40. The van der Waals surface area contributed by atoms with Gasteiger partial charge in [0.2, 0.25) is 5.91 Å². The number of rotatable bonds is 6. The van der Waals surface area contributed by atoms with Crippen molar-refractivity contribution in [2.75, 3.05) is 11.5 Å². The van der Waals surface area contributed by atoms with Gasteiger partial charge in [-0.25, -0.2) is 4.98 Å². The average molecular weight is 487 g/mol. The van der Waals surface area contributed by atoms with Gasteiger partial charge in [-0.15, -0.1) is 29.7 Å². The number of nitriles is 1. The summed E-state index contributed by atoms with van der Waals surface area (Å²) in [6, 6.07) is 2.29. The molecular weight excluding hydrogens is 460 g/mol. The number of carbonyl (C=O) groups is 1. The van der Waals surface area contributed by atoms with Gasteiger partial charge in [0.1, 0.15) is 4.83 Å². The van der Waals surface area contributed by atoms with Crippen LogP contribution in [-0.4, -0.2) is 27.0 Å². The van der Waals surface area contributed by atoms with Crippen molar-refractivity contribution in [3.63, 3.8) is 0 Å². The number of nitrogens with zero attached hydrogens (tertiary/aromatic N) is 3. The number of thioether (sulfide) groups is 2. The van der Waals surface area contributed by atoms with Crippen LogP contribution in [0.1, 0.15) is 43.0 Å². The maximum atomic E-state index is 13.2. The molecule has 1 unspecified atom stereocenters. The molecule has 1 aliphatic heterocycles. The highest BCUT2D eigenvalue weighted by Gasteiger charge is 2.24. The van der Waals surface area contributed by atoms with Crippen molar-refractivity contribution in [1.82, 2.24) is 14.9 Å². The number of fused-ring (bicyclic) bond motifs is 3. The molecule has 0 spiro atoms. The second kappa shape index (κ2) is 10.3. The van der Waals surface area contributed by atoms with E-state index in [9.17, 15) is 14.9 Å². The van der Waals surface area contributed by atoms with E-state index in [-0.39, 0.29) is 23.1 Å². The molecule has 4 rings (SSSR count). The van der Waals surface area contributed by atoms with Gasteiger partial charge in [-0.3, -0.25) is 14.2 Å². The molecule has 1 atom stereocenters. The van der Waals surface area contributed by atoms with Crippen LogP contribution < -0.4 is 10.9 Å². The SMILES string of the molecule is C=CCn1c(SCC(=O)N/C2=C(\C#N)C(C)CCCCS2)nc2sc3c(c2c1=O)CCC3. The van der Waals surface area contributed by atoms with Gasteiger partial charge >= 0.3 is 0 Å². The lowest BCUT2D eigenvalue weighted by molar-refractivity contribution is -0.117. The van der Waals surface area contributed by atoms with E-state index in [1.54, 1.807) is 33.7 Å². The first-order chi connectivity index (χ1) is 15.5. The van der Waals surface area contributed by atoms with Gasteiger partial charge < -0.3 is 5.32 Å². The van der Waals surface area contributed by atoms with Crippen molar-refractivity contribution in [2.24, 2.45) is 5.92 Å². The second-order valence-corrected chi connectivity index (χ2v) is 11.2. The predicted molar refractivity (Wildman–Crippen MR) is 133 cm³/mol. The molecule has 32 heavy (non-hydrogen) atoms. The van der Waals surface area contributed by atoms with E-state index in [4.69, 9.17) is 4.98 Å². The quantitative estimate of drug-likeness (QED) is 0.364. The fourth-order valence-electron chi connectivity index (χ4n) is 4.19. The Morgan fingerprint density at radius 3 is 3.03 bits per heavy atom. The molecule has 9 heteroatoms. The summed E-state index contributed by atoms with van der Waals surface area (Å²) in [4.78, 5) is 32.8. The van der Waals surface area contributed by atoms with E-state index in [1.165, 1.54) is 16.6 Å². The normalized spacial score (nSPS) is 20.9. The first kappa shape index (κ1) is 23.1. The highest BCUT2D eigenvalue weighted by atomic mass is 32.2. The second-order valence-electron chi connectivity index (χ2n) is 8.07. The summed E-state index contributed by atoms with van der Waals surface area (Å²) in [5.41, 5.74) is 1.77. The molecule has 1 amide bonds. The molecule has 2 aromatic rings. The zero-order valence-electron chi connectivity index (χ0n) is 18.1. The fourth-order valence-corrected chi connectivity index (χ4v) is 7.44. The van der Waals surface area contributed by atoms with Gasteiger partial charge in [-0.2, -0.15) is 5.26 Å². The molecule has 0 fully saturated rings. The minimum atomic E-state index is -0.189. The Labute approximate surface area is 200 Å². The van der Waals surface area contributed by atoms with E-state index >= 15 is 0 Å². The number of aryl methyl sites for hydroxylation is 2. The van der Waals surface area contributed by atoms with Gasteiger partial charge in [0.05, 0.1) is 27.8 Å². The van der Waals surface area contributed by atoms with Crippen LogP contribution in [0, 0.1) is 17.2 Å². The van der Waals surface area contributed by atoms with Crippen LogP contribution in [0.4, 0.5) is 0 Å².